The molecule has 0 radical (unpaired) electrons. The topological polar surface area (TPSA) is 50.4 Å². The molecule has 0 atom stereocenters. The van der Waals surface area contributed by atoms with Crippen LogP contribution in [0.2, 0.25) is 0 Å². The normalized spacial score (nSPS) is 11.1. The van der Waals surface area contributed by atoms with Gasteiger partial charge in [-0.2, -0.15) is 0 Å². The molecule has 3 rings (SSSR count). The third kappa shape index (κ3) is 3.50. The first-order valence-corrected chi connectivity index (χ1v) is 7.31. The van der Waals surface area contributed by atoms with E-state index in [0.29, 0.717) is 22.3 Å². The summed E-state index contributed by atoms with van der Waals surface area (Å²) in [5.41, 5.74) is 0.857. The molecule has 1 aromatic heterocycles. The fraction of sp³-hybridized carbons (Fsp3) is 0.150. The van der Waals surface area contributed by atoms with Crippen molar-refractivity contribution in [2.45, 2.75) is 19.4 Å². The molecule has 0 saturated heterocycles. The number of fused-ring (bicyclic) bond motifs is 1. The molecule has 3 aromatic rings. The minimum atomic E-state index is -1.07. The predicted octanol–water partition coefficient (Wildman–Crippen LogP) is 3.58. The van der Waals surface area contributed by atoms with Crippen molar-refractivity contribution in [3.8, 4) is 23.2 Å². The Morgan fingerprint density at radius 1 is 1.04 bits per heavy atom. The van der Waals surface area contributed by atoms with E-state index < -0.39 is 5.60 Å². The van der Waals surface area contributed by atoms with Crippen LogP contribution in [-0.4, -0.2) is 10.7 Å². The van der Waals surface area contributed by atoms with E-state index >= 15 is 0 Å². The SMILES string of the molecule is CC(C)(O)C#Cc1ccc2oc(-c3ccccc3)cc(=O)c2c1. The molecule has 0 unspecified atom stereocenters. The lowest BCUT2D eigenvalue weighted by Gasteiger charge is -2.06. The quantitative estimate of drug-likeness (QED) is 0.699. The van der Waals surface area contributed by atoms with Gasteiger partial charge >= 0.3 is 0 Å². The van der Waals surface area contributed by atoms with E-state index in [0.717, 1.165) is 5.56 Å². The van der Waals surface area contributed by atoms with Gasteiger partial charge in [0.25, 0.3) is 0 Å². The van der Waals surface area contributed by atoms with Crippen LogP contribution in [-0.2, 0) is 0 Å². The van der Waals surface area contributed by atoms with E-state index in [1.54, 1.807) is 32.0 Å². The summed E-state index contributed by atoms with van der Waals surface area (Å²) >= 11 is 0. The number of benzene rings is 2. The van der Waals surface area contributed by atoms with Gasteiger partial charge in [0.05, 0.1) is 5.39 Å². The molecule has 0 saturated carbocycles. The van der Waals surface area contributed by atoms with Gasteiger partial charge in [-0.15, -0.1) is 0 Å². The molecule has 0 amide bonds. The summed E-state index contributed by atoms with van der Waals surface area (Å²) in [6.45, 7) is 3.23. The van der Waals surface area contributed by atoms with Crippen LogP contribution in [0.4, 0.5) is 0 Å². The van der Waals surface area contributed by atoms with Crippen LogP contribution in [0.15, 0.2) is 63.8 Å². The largest absolute Gasteiger partial charge is 0.456 e. The highest BCUT2D eigenvalue weighted by Gasteiger charge is 2.08. The Bertz CT molecular complexity index is 965. The average Bonchev–Trinajstić information content (AvgIpc) is 2.53. The van der Waals surface area contributed by atoms with Crippen molar-refractivity contribution in [1.82, 2.24) is 0 Å². The first kappa shape index (κ1) is 15.1. The first-order valence-electron chi connectivity index (χ1n) is 7.31. The standard InChI is InChI=1S/C20H16O3/c1-20(2,22)11-10-14-8-9-18-16(12-14)17(21)13-19(23-18)15-6-4-3-5-7-15/h3-9,12-13,22H,1-2H3. The average molecular weight is 304 g/mol. The zero-order valence-electron chi connectivity index (χ0n) is 13.0. The van der Waals surface area contributed by atoms with Gasteiger partial charge in [0.15, 0.2) is 5.43 Å². The first-order chi connectivity index (χ1) is 10.9. The Balaban J connectivity index is 2.10. The van der Waals surface area contributed by atoms with E-state index in [1.165, 1.54) is 6.07 Å². The highest BCUT2D eigenvalue weighted by atomic mass is 16.3. The maximum Gasteiger partial charge on any atom is 0.193 e. The third-order valence-electron chi connectivity index (χ3n) is 3.30. The van der Waals surface area contributed by atoms with Gasteiger partial charge in [0, 0.05) is 17.2 Å². The summed E-state index contributed by atoms with van der Waals surface area (Å²) < 4.78 is 5.83. The Kier molecular flexibility index (Phi) is 3.77. The van der Waals surface area contributed by atoms with E-state index in [4.69, 9.17) is 4.42 Å². The van der Waals surface area contributed by atoms with Gasteiger partial charge < -0.3 is 9.52 Å². The van der Waals surface area contributed by atoms with E-state index in [2.05, 4.69) is 11.8 Å². The summed E-state index contributed by atoms with van der Waals surface area (Å²) in [7, 11) is 0. The third-order valence-corrected chi connectivity index (χ3v) is 3.30. The van der Waals surface area contributed by atoms with Crippen LogP contribution in [0.1, 0.15) is 19.4 Å². The second-order valence-electron chi connectivity index (χ2n) is 5.86. The van der Waals surface area contributed by atoms with E-state index in [1.807, 2.05) is 30.3 Å². The highest BCUT2D eigenvalue weighted by molar-refractivity contribution is 5.80. The van der Waals surface area contributed by atoms with Crippen LogP contribution >= 0.6 is 0 Å². The molecule has 3 heteroatoms. The van der Waals surface area contributed by atoms with Crippen molar-refractivity contribution in [1.29, 1.82) is 0 Å². The smallest absolute Gasteiger partial charge is 0.193 e. The second-order valence-corrected chi connectivity index (χ2v) is 5.86. The number of hydrogen-bond acceptors (Lipinski definition) is 3. The Labute approximate surface area is 134 Å². The zero-order valence-corrected chi connectivity index (χ0v) is 13.0. The molecule has 0 aliphatic rings. The second kappa shape index (κ2) is 5.75. The van der Waals surface area contributed by atoms with Crippen molar-refractivity contribution >= 4 is 11.0 Å². The molecular weight excluding hydrogens is 288 g/mol. The molecule has 1 N–H and O–H groups in total. The van der Waals surface area contributed by atoms with Crippen LogP contribution in [0, 0.1) is 11.8 Å². The van der Waals surface area contributed by atoms with Gasteiger partial charge in [0.1, 0.15) is 16.9 Å². The van der Waals surface area contributed by atoms with Crippen molar-refractivity contribution in [3.05, 3.63) is 70.4 Å². The summed E-state index contributed by atoms with van der Waals surface area (Å²) in [6, 6.07) is 16.2. The lowest BCUT2D eigenvalue weighted by atomic mass is 10.1. The highest BCUT2D eigenvalue weighted by Crippen LogP contribution is 2.22. The van der Waals surface area contributed by atoms with Gasteiger partial charge in [-0.1, -0.05) is 42.2 Å². The van der Waals surface area contributed by atoms with Crippen LogP contribution in [0.3, 0.4) is 0 Å². The molecule has 23 heavy (non-hydrogen) atoms. The van der Waals surface area contributed by atoms with Gasteiger partial charge in [-0.05, 0) is 32.0 Å². The van der Waals surface area contributed by atoms with Gasteiger partial charge in [0.2, 0.25) is 0 Å². The van der Waals surface area contributed by atoms with Gasteiger partial charge in [-0.3, -0.25) is 4.79 Å². The predicted molar refractivity (Wildman–Crippen MR) is 91.1 cm³/mol. The maximum atomic E-state index is 12.4. The van der Waals surface area contributed by atoms with E-state index in [-0.39, 0.29) is 5.43 Å². The number of aliphatic hydroxyl groups is 1. The molecule has 0 spiro atoms. The van der Waals surface area contributed by atoms with Crippen LogP contribution in [0.5, 0.6) is 0 Å². The molecule has 1 heterocycles. The van der Waals surface area contributed by atoms with Crippen molar-refractivity contribution < 1.29 is 9.52 Å². The fourth-order valence-electron chi connectivity index (χ4n) is 2.20. The molecule has 0 fully saturated rings. The minimum Gasteiger partial charge on any atom is -0.456 e. The Hall–Kier alpha value is -2.83. The maximum absolute atomic E-state index is 12.4. The van der Waals surface area contributed by atoms with E-state index in [9.17, 15) is 9.90 Å². The van der Waals surface area contributed by atoms with Crippen LogP contribution < -0.4 is 5.43 Å². The summed E-state index contributed by atoms with van der Waals surface area (Å²) in [6.07, 6.45) is 0. The molecular formula is C20H16O3. The summed E-state index contributed by atoms with van der Waals surface area (Å²) in [5.74, 6) is 6.14. The monoisotopic (exact) mass is 304 g/mol. The lowest BCUT2D eigenvalue weighted by Crippen LogP contribution is -2.14. The summed E-state index contributed by atoms with van der Waals surface area (Å²) in [4.78, 5) is 12.4. The molecule has 0 aliphatic carbocycles. The molecule has 2 aromatic carbocycles. The minimum absolute atomic E-state index is 0.114. The number of rotatable bonds is 1. The van der Waals surface area contributed by atoms with Crippen molar-refractivity contribution in [2.75, 3.05) is 0 Å². The number of hydrogen-bond donors (Lipinski definition) is 1. The molecule has 114 valence electrons. The lowest BCUT2D eigenvalue weighted by molar-refractivity contribution is 0.143. The molecule has 0 aliphatic heterocycles. The summed E-state index contributed by atoms with van der Waals surface area (Å²) in [5, 5.41) is 10.1. The van der Waals surface area contributed by atoms with Crippen molar-refractivity contribution in [2.24, 2.45) is 0 Å². The Morgan fingerprint density at radius 2 is 1.78 bits per heavy atom. The van der Waals surface area contributed by atoms with Crippen LogP contribution in [0.25, 0.3) is 22.3 Å². The molecule has 3 nitrogen and oxygen atoms in total. The zero-order chi connectivity index (χ0) is 16.4. The Morgan fingerprint density at radius 3 is 2.48 bits per heavy atom. The van der Waals surface area contributed by atoms with Gasteiger partial charge in [-0.25, -0.2) is 0 Å². The molecule has 0 bridgehead atoms. The fourth-order valence-corrected chi connectivity index (χ4v) is 2.20. The van der Waals surface area contributed by atoms with Crippen molar-refractivity contribution in [3.63, 3.8) is 0 Å².